The van der Waals surface area contributed by atoms with Crippen molar-refractivity contribution in [3.63, 3.8) is 0 Å². The van der Waals surface area contributed by atoms with Crippen molar-refractivity contribution in [1.82, 2.24) is 14.9 Å². The lowest BCUT2D eigenvalue weighted by Crippen LogP contribution is -2.38. The van der Waals surface area contributed by atoms with Gasteiger partial charge in [-0.25, -0.2) is 9.97 Å². The van der Waals surface area contributed by atoms with Gasteiger partial charge < -0.3 is 4.90 Å². The number of carbonyl (C=O) groups is 1. The Morgan fingerprint density at radius 1 is 1.23 bits per heavy atom. The quantitative estimate of drug-likeness (QED) is 0.567. The van der Waals surface area contributed by atoms with E-state index in [2.05, 4.69) is 37.7 Å². The SMILES string of the molecule is CC(C)CN(CC(C)C)C(=O)CSc1ncnc2ccsc12. The molecule has 2 rings (SSSR count). The number of nitrogens with zero attached hydrogens (tertiary/aromatic N) is 3. The van der Waals surface area contributed by atoms with Crippen LogP contribution in [0.4, 0.5) is 0 Å². The molecule has 2 heterocycles. The monoisotopic (exact) mass is 337 g/mol. The van der Waals surface area contributed by atoms with E-state index in [0.717, 1.165) is 28.3 Å². The van der Waals surface area contributed by atoms with Gasteiger partial charge in [-0.15, -0.1) is 11.3 Å². The third-order valence-electron chi connectivity index (χ3n) is 3.07. The Balaban J connectivity index is 2.02. The van der Waals surface area contributed by atoms with E-state index in [4.69, 9.17) is 0 Å². The molecule has 0 N–H and O–H groups in total. The Morgan fingerprint density at radius 3 is 2.55 bits per heavy atom. The number of thioether (sulfide) groups is 1. The number of amides is 1. The highest BCUT2D eigenvalue weighted by molar-refractivity contribution is 8.00. The lowest BCUT2D eigenvalue weighted by atomic mass is 10.1. The molecule has 22 heavy (non-hydrogen) atoms. The van der Waals surface area contributed by atoms with E-state index in [0.29, 0.717) is 17.6 Å². The van der Waals surface area contributed by atoms with Crippen LogP contribution < -0.4 is 0 Å². The predicted molar refractivity (Wildman–Crippen MR) is 94.4 cm³/mol. The Kier molecular flexibility index (Phi) is 6.20. The molecule has 0 unspecified atom stereocenters. The number of rotatable bonds is 7. The summed E-state index contributed by atoms with van der Waals surface area (Å²) in [5.41, 5.74) is 0.955. The van der Waals surface area contributed by atoms with Gasteiger partial charge in [-0.3, -0.25) is 4.79 Å². The average Bonchev–Trinajstić information content (AvgIpc) is 2.91. The fourth-order valence-corrected chi connectivity index (χ4v) is 4.10. The molecule has 0 radical (unpaired) electrons. The zero-order chi connectivity index (χ0) is 16.1. The molecule has 120 valence electrons. The maximum absolute atomic E-state index is 12.5. The summed E-state index contributed by atoms with van der Waals surface area (Å²) >= 11 is 3.14. The van der Waals surface area contributed by atoms with Crippen LogP contribution in [-0.2, 0) is 4.79 Å². The van der Waals surface area contributed by atoms with E-state index in [1.165, 1.54) is 11.8 Å². The number of aromatic nitrogens is 2. The highest BCUT2D eigenvalue weighted by Gasteiger charge is 2.17. The summed E-state index contributed by atoms with van der Waals surface area (Å²) in [7, 11) is 0. The van der Waals surface area contributed by atoms with Crippen LogP contribution in [0.15, 0.2) is 22.8 Å². The van der Waals surface area contributed by atoms with Gasteiger partial charge in [-0.05, 0) is 23.3 Å². The molecule has 0 aliphatic rings. The molecule has 0 saturated carbocycles. The van der Waals surface area contributed by atoms with E-state index >= 15 is 0 Å². The van der Waals surface area contributed by atoms with E-state index in [9.17, 15) is 4.79 Å². The minimum absolute atomic E-state index is 0.190. The zero-order valence-corrected chi connectivity index (χ0v) is 15.2. The normalized spacial score (nSPS) is 11.5. The second kappa shape index (κ2) is 7.92. The van der Waals surface area contributed by atoms with E-state index in [-0.39, 0.29) is 5.91 Å². The molecule has 0 atom stereocenters. The van der Waals surface area contributed by atoms with Crippen molar-refractivity contribution in [2.75, 3.05) is 18.8 Å². The van der Waals surface area contributed by atoms with Gasteiger partial charge in [0.15, 0.2) is 0 Å². The van der Waals surface area contributed by atoms with Crippen LogP contribution in [0.1, 0.15) is 27.7 Å². The van der Waals surface area contributed by atoms with Crippen LogP contribution >= 0.6 is 23.1 Å². The summed E-state index contributed by atoms with van der Waals surface area (Å²) < 4.78 is 1.07. The molecule has 0 fully saturated rings. The molecule has 6 heteroatoms. The van der Waals surface area contributed by atoms with Crippen LogP contribution in [0.3, 0.4) is 0 Å². The smallest absolute Gasteiger partial charge is 0.233 e. The fourth-order valence-electron chi connectivity index (χ4n) is 2.25. The zero-order valence-electron chi connectivity index (χ0n) is 13.6. The second-order valence-corrected chi connectivity index (χ2v) is 8.07. The highest BCUT2D eigenvalue weighted by atomic mass is 32.2. The molecule has 2 aromatic heterocycles. The lowest BCUT2D eigenvalue weighted by molar-refractivity contribution is -0.129. The molecular weight excluding hydrogens is 314 g/mol. The number of hydrogen-bond acceptors (Lipinski definition) is 5. The molecule has 4 nitrogen and oxygen atoms in total. The van der Waals surface area contributed by atoms with Crippen molar-refractivity contribution in [3.8, 4) is 0 Å². The third-order valence-corrected chi connectivity index (χ3v) is 5.08. The number of carbonyl (C=O) groups excluding carboxylic acids is 1. The summed E-state index contributed by atoms with van der Waals surface area (Å²) in [5, 5.41) is 2.91. The van der Waals surface area contributed by atoms with Crippen molar-refractivity contribution in [1.29, 1.82) is 0 Å². The molecule has 2 aromatic rings. The Labute approximate surface area is 140 Å². The van der Waals surface area contributed by atoms with Gasteiger partial charge in [-0.2, -0.15) is 0 Å². The molecule has 0 saturated heterocycles. The summed E-state index contributed by atoms with van der Waals surface area (Å²) in [6, 6.07) is 1.98. The van der Waals surface area contributed by atoms with Crippen molar-refractivity contribution in [3.05, 3.63) is 17.8 Å². The van der Waals surface area contributed by atoms with Crippen LogP contribution in [0.2, 0.25) is 0 Å². The van der Waals surface area contributed by atoms with Crippen LogP contribution in [0.5, 0.6) is 0 Å². The number of hydrogen-bond donors (Lipinski definition) is 0. The summed E-state index contributed by atoms with van der Waals surface area (Å²) in [4.78, 5) is 23.1. The Hall–Kier alpha value is -1.14. The minimum Gasteiger partial charge on any atom is -0.341 e. The minimum atomic E-state index is 0.190. The summed E-state index contributed by atoms with van der Waals surface area (Å²) in [5.74, 6) is 1.59. The Morgan fingerprint density at radius 2 is 1.91 bits per heavy atom. The molecule has 1 amide bonds. The van der Waals surface area contributed by atoms with Gasteiger partial charge in [0.25, 0.3) is 0 Å². The van der Waals surface area contributed by atoms with Crippen molar-refractivity contribution >= 4 is 39.2 Å². The standard InChI is InChI=1S/C16H23N3OS2/c1-11(2)7-19(8-12(3)4)14(20)9-22-16-15-13(5-6-21-15)17-10-18-16/h5-6,10-12H,7-9H2,1-4H3. The van der Waals surface area contributed by atoms with Crippen molar-refractivity contribution < 1.29 is 4.79 Å². The van der Waals surface area contributed by atoms with E-state index in [1.807, 2.05) is 16.3 Å². The first-order valence-corrected chi connectivity index (χ1v) is 9.42. The van der Waals surface area contributed by atoms with Gasteiger partial charge in [-0.1, -0.05) is 39.5 Å². The highest BCUT2D eigenvalue weighted by Crippen LogP contribution is 2.28. The molecule has 0 spiro atoms. The lowest BCUT2D eigenvalue weighted by Gasteiger charge is -2.26. The first-order valence-electron chi connectivity index (χ1n) is 7.56. The van der Waals surface area contributed by atoms with Gasteiger partial charge in [0.2, 0.25) is 5.91 Å². The van der Waals surface area contributed by atoms with Gasteiger partial charge >= 0.3 is 0 Å². The molecule has 0 aliphatic heterocycles. The average molecular weight is 338 g/mol. The van der Waals surface area contributed by atoms with Crippen LogP contribution in [0, 0.1) is 11.8 Å². The molecule has 0 bridgehead atoms. The molecule has 0 aliphatic carbocycles. The summed E-state index contributed by atoms with van der Waals surface area (Å²) in [6.07, 6.45) is 1.57. The maximum atomic E-state index is 12.5. The number of thiophene rings is 1. The first-order chi connectivity index (χ1) is 10.5. The van der Waals surface area contributed by atoms with Gasteiger partial charge in [0, 0.05) is 13.1 Å². The first kappa shape index (κ1) is 17.2. The maximum Gasteiger partial charge on any atom is 0.233 e. The van der Waals surface area contributed by atoms with Crippen molar-refractivity contribution in [2.24, 2.45) is 11.8 Å². The van der Waals surface area contributed by atoms with Gasteiger partial charge in [0.1, 0.15) is 11.4 Å². The topological polar surface area (TPSA) is 46.1 Å². The van der Waals surface area contributed by atoms with Crippen molar-refractivity contribution in [2.45, 2.75) is 32.7 Å². The summed E-state index contributed by atoms with van der Waals surface area (Å²) in [6.45, 7) is 10.2. The predicted octanol–water partition coefficient (Wildman–Crippen LogP) is 3.92. The van der Waals surface area contributed by atoms with Gasteiger partial charge in [0.05, 0.1) is 16.0 Å². The number of fused-ring (bicyclic) bond motifs is 1. The molecule has 0 aromatic carbocycles. The van der Waals surface area contributed by atoms with Crippen LogP contribution in [0.25, 0.3) is 10.2 Å². The second-order valence-electron chi connectivity index (χ2n) is 6.19. The third kappa shape index (κ3) is 4.68. The van der Waals surface area contributed by atoms with E-state index in [1.54, 1.807) is 17.7 Å². The molecular formula is C16H23N3OS2. The van der Waals surface area contributed by atoms with E-state index < -0.39 is 0 Å². The Bertz CT molecular complexity index is 615. The fraction of sp³-hybridized carbons (Fsp3) is 0.562. The van der Waals surface area contributed by atoms with Crippen LogP contribution in [-0.4, -0.2) is 39.6 Å². The largest absolute Gasteiger partial charge is 0.341 e.